The van der Waals surface area contributed by atoms with Crippen molar-refractivity contribution in [2.24, 2.45) is 0 Å². The number of carbonyl (C=O) groups is 1. The molecule has 0 bridgehead atoms. The van der Waals surface area contributed by atoms with E-state index in [1.807, 2.05) is 18.2 Å². The zero-order valence-electron chi connectivity index (χ0n) is 8.06. The molecule has 3 heteroatoms. The van der Waals surface area contributed by atoms with E-state index in [0.717, 1.165) is 10.9 Å². The van der Waals surface area contributed by atoms with E-state index in [1.54, 1.807) is 12.3 Å². The van der Waals surface area contributed by atoms with Crippen LogP contribution in [0.25, 0.3) is 10.9 Å². The molecule has 74 valence electrons. The molecule has 1 aliphatic rings. The summed E-state index contributed by atoms with van der Waals surface area (Å²) < 4.78 is 5.55. The Morgan fingerprint density at radius 2 is 2.20 bits per heavy atom. The van der Waals surface area contributed by atoms with E-state index >= 15 is 0 Å². The molecule has 0 aliphatic carbocycles. The van der Waals surface area contributed by atoms with E-state index < -0.39 is 0 Å². The molecule has 1 aromatic heterocycles. The van der Waals surface area contributed by atoms with Gasteiger partial charge in [0, 0.05) is 18.0 Å². The molecule has 0 fully saturated rings. The number of pyridine rings is 1. The summed E-state index contributed by atoms with van der Waals surface area (Å²) in [6, 6.07) is 7.44. The number of ketones is 1. The van der Waals surface area contributed by atoms with Crippen molar-refractivity contribution < 1.29 is 9.53 Å². The molecule has 3 nitrogen and oxygen atoms in total. The fourth-order valence-electron chi connectivity index (χ4n) is 1.88. The summed E-state index contributed by atoms with van der Waals surface area (Å²) in [5.74, 6) is 0.846. The van der Waals surface area contributed by atoms with E-state index in [1.165, 1.54) is 0 Å². The molecule has 0 spiro atoms. The van der Waals surface area contributed by atoms with Gasteiger partial charge in [0.1, 0.15) is 5.75 Å². The lowest BCUT2D eigenvalue weighted by atomic mass is 10.0. The summed E-state index contributed by atoms with van der Waals surface area (Å²) in [5.41, 5.74) is 1.55. The Morgan fingerprint density at radius 1 is 1.27 bits per heavy atom. The second-order valence-electron chi connectivity index (χ2n) is 3.53. The van der Waals surface area contributed by atoms with Gasteiger partial charge in [0.05, 0.1) is 17.7 Å². The van der Waals surface area contributed by atoms with Crippen LogP contribution in [0.3, 0.4) is 0 Å². The number of hydrogen-bond acceptors (Lipinski definition) is 3. The minimum Gasteiger partial charge on any atom is -0.492 e. The maximum atomic E-state index is 11.6. The third-order valence-corrected chi connectivity index (χ3v) is 2.61. The molecule has 15 heavy (non-hydrogen) atoms. The second-order valence-corrected chi connectivity index (χ2v) is 3.53. The number of rotatable bonds is 0. The summed E-state index contributed by atoms with van der Waals surface area (Å²) >= 11 is 0. The van der Waals surface area contributed by atoms with Gasteiger partial charge in [-0.25, -0.2) is 0 Å². The number of carbonyl (C=O) groups excluding carboxylic acids is 1. The van der Waals surface area contributed by atoms with Gasteiger partial charge in [-0.15, -0.1) is 0 Å². The Bertz CT molecular complexity index is 548. The molecule has 2 heterocycles. The molecule has 0 N–H and O–H groups in total. The zero-order chi connectivity index (χ0) is 10.3. The highest BCUT2D eigenvalue weighted by molar-refractivity contribution is 6.05. The summed E-state index contributed by atoms with van der Waals surface area (Å²) in [6.45, 7) is 0.472. The number of benzene rings is 1. The Labute approximate surface area is 86.7 Å². The third kappa shape index (κ3) is 1.20. The number of aromatic nitrogens is 1. The normalized spacial score (nSPS) is 14.8. The van der Waals surface area contributed by atoms with E-state index in [0.29, 0.717) is 24.3 Å². The van der Waals surface area contributed by atoms with Crippen LogP contribution in [0.5, 0.6) is 5.75 Å². The highest BCUT2D eigenvalue weighted by Gasteiger charge is 2.20. The van der Waals surface area contributed by atoms with Gasteiger partial charge < -0.3 is 4.74 Å². The lowest BCUT2D eigenvalue weighted by molar-refractivity contribution is 0.0935. The van der Waals surface area contributed by atoms with E-state index in [-0.39, 0.29) is 5.78 Å². The van der Waals surface area contributed by atoms with Crippen LogP contribution in [0, 0.1) is 0 Å². The van der Waals surface area contributed by atoms with Gasteiger partial charge >= 0.3 is 0 Å². The molecule has 0 amide bonds. The number of hydrogen-bond donors (Lipinski definition) is 0. The largest absolute Gasteiger partial charge is 0.492 e. The number of fused-ring (bicyclic) bond motifs is 3. The summed E-state index contributed by atoms with van der Waals surface area (Å²) in [4.78, 5) is 15.9. The molecule has 0 unspecified atom stereocenters. The van der Waals surface area contributed by atoms with Gasteiger partial charge in [-0.3, -0.25) is 9.78 Å². The molecule has 2 aromatic rings. The van der Waals surface area contributed by atoms with Gasteiger partial charge in [-0.2, -0.15) is 0 Å². The van der Waals surface area contributed by atoms with Crippen molar-refractivity contribution in [3.63, 3.8) is 0 Å². The van der Waals surface area contributed by atoms with E-state index in [4.69, 9.17) is 4.74 Å². The first-order chi connectivity index (χ1) is 7.36. The van der Waals surface area contributed by atoms with Crippen LogP contribution in [0.1, 0.15) is 16.8 Å². The molecule has 0 atom stereocenters. The van der Waals surface area contributed by atoms with Crippen molar-refractivity contribution in [1.82, 2.24) is 4.98 Å². The van der Waals surface area contributed by atoms with Crippen molar-refractivity contribution >= 4 is 16.7 Å². The van der Waals surface area contributed by atoms with Crippen LogP contribution in [-0.2, 0) is 0 Å². The number of nitrogens with zero attached hydrogens (tertiary/aromatic N) is 1. The Balaban J connectivity index is 2.38. The van der Waals surface area contributed by atoms with Crippen molar-refractivity contribution in [2.45, 2.75) is 6.42 Å². The summed E-state index contributed by atoms with van der Waals surface area (Å²) in [5, 5.41) is 0.919. The minimum atomic E-state index is 0.155. The van der Waals surface area contributed by atoms with Gasteiger partial charge in [0.15, 0.2) is 5.78 Å². The van der Waals surface area contributed by atoms with Crippen molar-refractivity contribution in [3.05, 3.63) is 36.0 Å². The predicted octanol–water partition coefficient (Wildman–Crippen LogP) is 2.20. The van der Waals surface area contributed by atoms with Gasteiger partial charge in [-0.05, 0) is 24.3 Å². The van der Waals surface area contributed by atoms with Gasteiger partial charge in [0.2, 0.25) is 0 Å². The fourth-order valence-corrected chi connectivity index (χ4v) is 1.88. The maximum absolute atomic E-state index is 11.6. The molecular formula is C12H9NO2. The van der Waals surface area contributed by atoms with Crippen LogP contribution in [0.2, 0.25) is 0 Å². The van der Waals surface area contributed by atoms with Crippen LogP contribution in [-0.4, -0.2) is 17.4 Å². The highest BCUT2D eigenvalue weighted by atomic mass is 16.5. The molecule has 3 rings (SSSR count). The first-order valence-corrected chi connectivity index (χ1v) is 4.90. The number of Topliss-reactive ketones (excluding diaryl/α,β-unsaturated/α-hetero) is 1. The third-order valence-electron chi connectivity index (χ3n) is 2.61. The first-order valence-electron chi connectivity index (χ1n) is 4.90. The standard InChI is InChI=1S/C12H9NO2/c14-11-5-7-15-12-8-2-1-6-13-10(8)4-3-9(11)12/h1-4,6H,5,7H2. The molecule has 1 aliphatic heterocycles. The Hall–Kier alpha value is -1.90. The molecule has 0 radical (unpaired) electrons. The summed E-state index contributed by atoms with van der Waals surface area (Å²) in [7, 11) is 0. The van der Waals surface area contributed by atoms with Crippen LogP contribution in [0.4, 0.5) is 0 Å². The lowest BCUT2D eigenvalue weighted by Gasteiger charge is -2.17. The Morgan fingerprint density at radius 3 is 3.13 bits per heavy atom. The quantitative estimate of drug-likeness (QED) is 0.653. The maximum Gasteiger partial charge on any atom is 0.170 e. The SMILES string of the molecule is O=C1CCOc2c1ccc1ncccc21. The van der Waals surface area contributed by atoms with Gasteiger partial charge in [0.25, 0.3) is 0 Å². The van der Waals surface area contributed by atoms with Crippen LogP contribution < -0.4 is 4.74 Å². The first kappa shape index (κ1) is 8.41. The van der Waals surface area contributed by atoms with Gasteiger partial charge in [-0.1, -0.05) is 0 Å². The average Bonchev–Trinajstić information content (AvgIpc) is 2.29. The highest BCUT2D eigenvalue weighted by Crippen LogP contribution is 2.32. The zero-order valence-corrected chi connectivity index (χ0v) is 8.06. The molecule has 0 saturated heterocycles. The van der Waals surface area contributed by atoms with Crippen molar-refractivity contribution in [1.29, 1.82) is 0 Å². The van der Waals surface area contributed by atoms with Crippen molar-refractivity contribution in [3.8, 4) is 5.75 Å². The number of ether oxygens (including phenoxy) is 1. The Kier molecular flexibility index (Phi) is 1.71. The van der Waals surface area contributed by atoms with Crippen LogP contribution in [0.15, 0.2) is 30.5 Å². The van der Waals surface area contributed by atoms with Crippen molar-refractivity contribution in [2.75, 3.05) is 6.61 Å². The van der Waals surface area contributed by atoms with E-state index in [2.05, 4.69) is 4.98 Å². The average molecular weight is 199 g/mol. The molecular weight excluding hydrogens is 190 g/mol. The topological polar surface area (TPSA) is 39.2 Å². The molecule has 0 saturated carbocycles. The predicted molar refractivity (Wildman–Crippen MR) is 56.2 cm³/mol. The second kappa shape index (κ2) is 3.05. The lowest BCUT2D eigenvalue weighted by Crippen LogP contribution is -2.15. The van der Waals surface area contributed by atoms with Crippen LogP contribution >= 0.6 is 0 Å². The van der Waals surface area contributed by atoms with E-state index in [9.17, 15) is 4.79 Å². The fraction of sp³-hybridized carbons (Fsp3) is 0.167. The molecule has 1 aromatic carbocycles. The summed E-state index contributed by atoms with van der Waals surface area (Å²) in [6.07, 6.45) is 2.21. The minimum absolute atomic E-state index is 0.155. The smallest absolute Gasteiger partial charge is 0.170 e. The monoisotopic (exact) mass is 199 g/mol.